The van der Waals surface area contributed by atoms with Gasteiger partial charge >= 0.3 is 6.09 Å². The second-order valence-electron chi connectivity index (χ2n) is 6.41. The molecule has 0 unspecified atom stereocenters. The summed E-state index contributed by atoms with van der Waals surface area (Å²) in [5, 5.41) is 9.24. The van der Waals surface area contributed by atoms with E-state index in [1.807, 2.05) is 27.7 Å². The van der Waals surface area contributed by atoms with Crippen LogP contribution >= 0.6 is 0 Å². The Hall–Kier alpha value is -0.810. The fourth-order valence-corrected chi connectivity index (χ4v) is 2.18. The van der Waals surface area contributed by atoms with Gasteiger partial charge in [0, 0.05) is 18.6 Å². The summed E-state index contributed by atoms with van der Waals surface area (Å²) in [6, 6.07) is 0. The molecule has 5 nitrogen and oxygen atoms in total. The molecule has 1 rings (SSSR count). The van der Waals surface area contributed by atoms with Crippen LogP contribution in [-0.4, -0.2) is 46.9 Å². The van der Waals surface area contributed by atoms with Gasteiger partial charge in [0.2, 0.25) is 0 Å². The molecule has 5 heteroatoms. The number of carbonyl (C=O) groups is 1. The van der Waals surface area contributed by atoms with Gasteiger partial charge in [0.05, 0.1) is 6.61 Å². The molecule has 0 aromatic carbocycles. The van der Waals surface area contributed by atoms with Gasteiger partial charge in [-0.15, -0.1) is 0 Å². The summed E-state index contributed by atoms with van der Waals surface area (Å²) in [5.74, 6) is 0.251. The second-order valence-corrected chi connectivity index (χ2v) is 6.41. The third-order valence-corrected chi connectivity index (χ3v) is 3.42. The first-order valence-corrected chi connectivity index (χ1v) is 6.53. The Morgan fingerprint density at radius 3 is 2.22 bits per heavy atom. The maximum absolute atomic E-state index is 11.9. The second kappa shape index (κ2) is 5.45. The highest BCUT2D eigenvalue weighted by Gasteiger charge is 2.34. The van der Waals surface area contributed by atoms with Crippen LogP contribution in [0.2, 0.25) is 0 Å². The summed E-state index contributed by atoms with van der Waals surface area (Å²) in [4.78, 5) is 13.6. The van der Waals surface area contributed by atoms with Crippen LogP contribution in [0, 0.1) is 5.92 Å². The molecular formula is C13H26N2O3. The van der Waals surface area contributed by atoms with Gasteiger partial charge in [-0.1, -0.05) is 0 Å². The molecule has 0 radical (unpaired) electrons. The maximum Gasteiger partial charge on any atom is 0.410 e. The number of hydrogen-bond acceptors (Lipinski definition) is 4. The van der Waals surface area contributed by atoms with Crippen molar-refractivity contribution in [2.75, 3.05) is 19.7 Å². The molecule has 106 valence electrons. The summed E-state index contributed by atoms with van der Waals surface area (Å²) < 4.78 is 5.33. The molecule has 18 heavy (non-hydrogen) atoms. The summed E-state index contributed by atoms with van der Waals surface area (Å²) in [5.41, 5.74) is 5.02. The van der Waals surface area contributed by atoms with Gasteiger partial charge in [-0.2, -0.15) is 0 Å². The number of aliphatic hydroxyl groups excluding tert-OH is 1. The summed E-state index contributed by atoms with van der Waals surface area (Å²) in [6.45, 7) is 8.71. The van der Waals surface area contributed by atoms with E-state index in [-0.39, 0.29) is 18.6 Å². The number of aliphatic hydroxyl groups is 1. The molecule has 1 atom stereocenters. The number of carbonyl (C=O) groups excluding carboxylic acids is 1. The monoisotopic (exact) mass is 258 g/mol. The van der Waals surface area contributed by atoms with E-state index in [1.165, 1.54) is 0 Å². The first-order chi connectivity index (χ1) is 8.15. The van der Waals surface area contributed by atoms with Crippen molar-refractivity contribution in [1.82, 2.24) is 4.90 Å². The minimum atomic E-state index is -0.556. The van der Waals surface area contributed by atoms with E-state index in [0.29, 0.717) is 13.1 Å². The quantitative estimate of drug-likeness (QED) is 0.784. The van der Waals surface area contributed by atoms with E-state index in [4.69, 9.17) is 10.5 Å². The predicted octanol–water partition coefficient (Wildman–Crippen LogP) is 1.34. The maximum atomic E-state index is 11.9. The Balaban J connectivity index is 2.47. The number of nitrogens with two attached hydrogens (primary N) is 1. The molecule has 0 aliphatic carbocycles. The molecule has 0 saturated carbocycles. The molecule has 1 aliphatic rings. The molecule has 1 saturated heterocycles. The zero-order valence-corrected chi connectivity index (χ0v) is 11.9. The Bertz CT molecular complexity index is 289. The highest BCUT2D eigenvalue weighted by molar-refractivity contribution is 5.68. The Morgan fingerprint density at radius 1 is 1.33 bits per heavy atom. The van der Waals surface area contributed by atoms with E-state index >= 15 is 0 Å². The van der Waals surface area contributed by atoms with Crippen molar-refractivity contribution in [3.63, 3.8) is 0 Å². The molecule has 0 aromatic heterocycles. The lowest BCUT2D eigenvalue weighted by Gasteiger charge is -2.39. The van der Waals surface area contributed by atoms with Crippen molar-refractivity contribution in [1.29, 1.82) is 0 Å². The topological polar surface area (TPSA) is 75.8 Å². The summed E-state index contributed by atoms with van der Waals surface area (Å²) >= 11 is 0. The van der Waals surface area contributed by atoms with Crippen molar-refractivity contribution in [2.45, 2.75) is 51.7 Å². The standard InChI is InChI=1S/C13H26N2O3/c1-12(2,3)18-11(17)15-7-5-10(6-8-15)13(4,14)9-16/h10,16H,5-9,14H2,1-4H3/t13-/m0/s1. The lowest BCUT2D eigenvalue weighted by atomic mass is 9.80. The van der Waals surface area contributed by atoms with Crippen LogP contribution in [0.15, 0.2) is 0 Å². The minimum Gasteiger partial charge on any atom is -0.444 e. The third-order valence-electron chi connectivity index (χ3n) is 3.42. The largest absolute Gasteiger partial charge is 0.444 e. The van der Waals surface area contributed by atoms with Crippen molar-refractivity contribution < 1.29 is 14.6 Å². The van der Waals surface area contributed by atoms with Crippen LogP contribution in [0.3, 0.4) is 0 Å². The zero-order chi connectivity index (χ0) is 14.0. The minimum absolute atomic E-state index is 0.0237. The normalized spacial score (nSPS) is 21.6. The van der Waals surface area contributed by atoms with E-state index in [9.17, 15) is 9.90 Å². The molecule has 1 fully saturated rings. The average molecular weight is 258 g/mol. The highest BCUT2D eigenvalue weighted by Crippen LogP contribution is 2.27. The van der Waals surface area contributed by atoms with Crippen LogP contribution in [0.5, 0.6) is 0 Å². The van der Waals surface area contributed by atoms with Gasteiger partial charge < -0.3 is 20.5 Å². The van der Waals surface area contributed by atoms with Crippen LogP contribution < -0.4 is 5.73 Å². The number of amides is 1. The van der Waals surface area contributed by atoms with Gasteiger partial charge in [-0.3, -0.25) is 0 Å². The molecule has 0 spiro atoms. The van der Waals surface area contributed by atoms with Crippen molar-refractivity contribution in [3.05, 3.63) is 0 Å². The lowest BCUT2D eigenvalue weighted by Crippen LogP contribution is -2.52. The fraction of sp³-hybridized carbons (Fsp3) is 0.923. The molecule has 0 aromatic rings. The SMILES string of the molecule is CC(C)(C)OC(=O)N1CCC([C@@](C)(N)CO)CC1. The number of ether oxygens (including phenoxy) is 1. The Labute approximate surface area is 109 Å². The fourth-order valence-electron chi connectivity index (χ4n) is 2.18. The van der Waals surface area contributed by atoms with Gasteiger partial charge in [-0.05, 0) is 46.5 Å². The van der Waals surface area contributed by atoms with Gasteiger partial charge in [0.25, 0.3) is 0 Å². The van der Waals surface area contributed by atoms with Gasteiger partial charge in [-0.25, -0.2) is 4.79 Å². The average Bonchev–Trinajstić information content (AvgIpc) is 2.27. The van der Waals surface area contributed by atoms with Gasteiger partial charge in [0.1, 0.15) is 5.60 Å². The van der Waals surface area contributed by atoms with Gasteiger partial charge in [0.15, 0.2) is 0 Å². The van der Waals surface area contributed by atoms with Crippen molar-refractivity contribution in [3.8, 4) is 0 Å². The first kappa shape index (κ1) is 15.2. The van der Waals surface area contributed by atoms with Crippen molar-refractivity contribution in [2.24, 2.45) is 11.7 Å². The molecule has 1 amide bonds. The van der Waals surface area contributed by atoms with E-state index in [0.717, 1.165) is 12.8 Å². The molecule has 1 aliphatic heterocycles. The number of piperidine rings is 1. The smallest absolute Gasteiger partial charge is 0.410 e. The summed E-state index contributed by atoms with van der Waals surface area (Å²) in [6.07, 6.45) is 1.36. The predicted molar refractivity (Wildman–Crippen MR) is 70.2 cm³/mol. The highest BCUT2D eigenvalue weighted by atomic mass is 16.6. The van der Waals surface area contributed by atoms with E-state index in [1.54, 1.807) is 4.90 Å². The molecule has 1 heterocycles. The zero-order valence-electron chi connectivity index (χ0n) is 11.9. The lowest BCUT2D eigenvalue weighted by molar-refractivity contribution is 0.0128. The molecule has 0 bridgehead atoms. The number of likely N-dealkylation sites (tertiary alicyclic amines) is 1. The first-order valence-electron chi connectivity index (χ1n) is 6.53. The third kappa shape index (κ3) is 4.14. The van der Waals surface area contributed by atoms with Crippen LogP contribution in [0.1, 0.15) is 40.5 Å². The van der Waals surface area contributed by atoms with Crippen molar-refractivity contribution >= 4 is 6.09 Å². The van der Waals surface area contributed by atoms with Crippen LogP contribution in [0.4, 0.5) is 4.79 Å². The number of rotatable bonds is 2. The molecule has 3 N–H and O–H groups in total. The van der Waals surface area contributed by atoms with Crippen LogP contribution in [-0.2, 0) is 4.74 Å². The van der Waals surface area contributed by atoms with Crippen LogP contribution in [0.25, 0.3) is 0 Å². The number of nitrogens with zero attached hydrogens (tertiary/aromatic N) is 1. The number of hydrogen-bond donors (Lipinski definition) is 2. The summed E-state index contributed by atoms with van der Waals surface area (Å²) in [7, 11) is 0. The van der Waals surface area contributed by atoms with E-state index < -0.39 is 11.1 Å². The van der Waals surface area contributed by atoms with E-state index in [2.05, 4.69) is 0 Å². The molecular weight excluding hydrogens is 232 g/mol. The Morgan fingerprint density at radius 2 is 1.83 bits per heavy atom. The Kier molecular flexibility index (Phi) is 4.61.